The number of allylic oxidation sites excluding steroid dienone is 1. The second-order valence-electron chi connectivity index (χ2n) is 3.78. The van der Waals surface area contributed by atoms with E-state index in [0.717, 1.165) is 16.9 Å². The predicted molar refractivity (Wildman–Crippen MR) is 72.9 cm³/mol. The van der Waals surface area contributed by atoms with Crippen molar-refractivity contribution in [2.45, 2.75) is 13.5 Å². The molecule has 0 radical (unpaired) electrons. The Balaban J connectivity index is 3.12. The molecule has 0 atom stereocenters. The van der Waals surface area contributed by atoms with Crippen molar-refractivity contribution in [2.24, 2.45) is 4.99 Å². The van der Waals surface area contributed by atoms with Gasteiger partial charge in [0.2, 0.25) is 4.80 Å². The maximum atomic E-state index is 11.5. The van der Waals surface area contributed by atoms with Crippen LogP contribution in [0.3, 0.4) is 0 Å². The van der Waals surface area contributed by atoms with E-state index in [1.54, 1.807) is 6.92 Å². The highest BCUT2D eigenvalue weighted by atomic mass is 32.1. The SMILES string of the molecule is C=CCNC(=O)/N=c1/sc([N+](=O)[O-])cn1CC(=C)C. The maximum Gasteiger partial charge on any atom is 0.343 e. The van der Waals surface area contributed by atoms with Crippen LogP contribution in [0, 0.1) is 10.1 Å². The van der Waals surface area contributed by atoms with E-state index >= 15 is 0 Å². The molecule has 1 heterocycles. The van der Waals surface area contributed by atoms with Gasteiger partial charge in [0.1, 0.15) is 0 Å². The average Bonchev–Trinajstić information content (AvgIpc) is 2.69. The molecule has 1 rings (SSSR count). The fraction of sp³-hybridized carbons (Fsp3) is 0.273. The van der Waals surface area contributed by atoms with Gasteiger partial charge in [-0.3, -0.25) is 10.1 Å². The highest BCUT2D eigenvalue weighted by Gasteiger charge is 2.13. The highest BCUT2D eigenvalue weighted by Crippen LogP contribution is 2.14. The fourth-order valence-electron chi connectivity index (χ4n) is 1.23. The predicted octanol–water partition coefficient (Wildman–Crippen LogP) is 1.83. The average molecular weight is 282 g/mol. The van der Waals surface area contributed by atoms with Crippen LogP contribution in [0.25, 0.3) is 0 Å². The van der Waals surface area contributed by atoms with E-state index in [1.165, 1.54) is 16.8 Å². The summed E-state index contributed by atoms with van der Waals surface area (Å²) in [6.45, 7) is 9.65. The number of hydrogen-bond donors (Lipinski definition) is 1. The standard InChI is InChI=1S/C11H14N4O3S/c1-4-5-12-10(16)13-11-14(6-8(2)3)7-9(19-11)15(17)18/h4,7H,1-2,5-6H2,3H3,(H,12,16)/b13-11+. The molecule has 2 amide bonds. The van der Waals surface area contributed by atoms with Gasteiger partial charge in [0.15, 0.2) is 0 Å². The minimum Gasteiger partial charge on any atom is -0.333 e. The number of thiazole rings is 1. The van der Waals surface area contributed by atoms with Crippen LogP contribution in [0.2, 0.25) is 0 Å². The van der Waals surface area contributed by atoms with Crippen LogP contribution in [0.1, 0.15) is 6.92 Å². The molecule has 0 aliphatic carbocycles. The first-order valence-electron chi connectivity index (χ1n) is 5.36. The van der Waals surface area contributed by atoms with Gasteiger partial charge >= 0.3 is 11.0 Å². The normalized spacial score (nSPS) is 11.1. The third-order valence-electron chi connectivity index (χ3n) is 1.92. The number of urea groups is 1. The van der Waals surface area contributed by atoms with E-state index in [4.69, 9.17) is 0 Å². The first-order chi connectivity index (χ1) is 8.93. The third-order valence-corrected chi connectivity index (χ3v) is 2.89. The van der Waals surface area contributed by atoms with Crippen LogP contribution in [0.15, 0.2) is 36.0 Å². The van der Waals surface area contributed by atoms with Gasteiger partial charge < -0.3 is 9.88 Å². The second-order valence-corrected chi connectivity index (χ2v) is 4.77. The summed E-state index contributed by atoms with van der Waals surface area (Å²) in [5.74, 6) is 0. The molecule has 1 aromatic heterocycles. The molecule has 1 aromatic rings. The third kappa shape index (κ3) is 4.51. The first kappa shape index (κ1) is 14.8. The van der Waals surface area contributed by atoms with Gasteiger partial charge in [0.05, 0.1) is 11.1 Å². The van der Waals surface area contributed by atoms with Crippen molar-refractivity contribution in [1.29, 1.82) is 0 Å². The number of carbonyl (C=O) groups excluding carboxylic acids is 1. The molecular formula is C11H14N4O3S. The summed E-state index contributed by atoms with van der Waals surface area (Å²) in [6, 6.07) is -0.563. The van der Waals surface area contributed by atoms with Crippen LogP contribution in [0.5, 0.6) is 0 Å². The van der Waals surface area contributed by atoms with Gasteiger partial charge in [-0.2, -0.15) is 4.99 Å². The van der Waals surface area contributed by atoms with Crippen molar-refractivity contribution in [2.75, 3.05) is 6.54 Å². The monoisotopic (exact) mass is 282 g/mol. The minimum atomic E-state index is -0.563. The first-order valence-corrected chi connectivity index (χ1v) is 6.18. The molecule has 8 heteroatoms. The Hall–Kier alpha value is -2.22. The number of aromatic nitrogens is 1. The highest BCUT2D eigenvalue weighted by molar-refractivity contribution is 7.12. The number of carbonyl (C=O) groups is 1. The molecule has 0 spiro atoms. The molecule has 7 nitrogen and oxygen atoms in total. The van der Waals surface area contributed by atoms with Crippen LogP contribution in [-0.2, 0) is 6.54 Å². The largest absolute Gasteiger partial charge is 0.343 e. The lowest BCUT2D eigenvalue weighted by Crippen LogP contribution is -2.24. The summed E-state index contributed by atoms with van der Waals surface area (Å²) in [5.41, 5.74) is 0.806. The van der Waals surface area contributed by atoms with Gasteiger partial charge in [-0.1, -0.05) is 18.2 Å². The molecule has 19 heavy (non-hydrogen) atoms. The van der Waals surface area contributed by atoms with E-state index in [0.29, 0.717) is 6.54 Å². The summed E-state index contributed by atoms with van der Waals surface area (Å²) in [4.78, 5) is 25.7. The Bertz CT molecular complexity index is 585. The molecule has 0 fully saturated rings. The van der Waals surface area contributed by atoms with Crippen molar-refractivity contribution in [3.63, 3.8) is 0 Å². The molecule has 102 valence electrons. The summed E-state index contributed by atoms with van der Waals surface area (Å²) < 4.78 is 1.53. The molecule has 0 saturated carbocycles. The number of hydrogen-bond acceptors (Lipinski definition) is 4. The molecule has 0 saturated heterocycles. The van der Waals surface area contributed by atoms with Gasteiger partial charge in [-0.25, -0.2) is 4.79 Å². The minimum absolute atomic E-state index is 0.0727. The van der Waals surface area contributed by atoms with E-state index in [2.05, 4.69) is 23.5 Å². The van der Waals surface area contributed by atoms with E-state index in [1.807, 2.05) is 0 Å². The van der Waals surface area contributed by atoms with Gasteiger partial charge in [0, 0.05) is 13.1 Å². The Morgan fingerprint density at radius 3 is 2.95 bits per heavy atom. The lowest BCUT2D eigenvalue weighted by molar-refractivity contribution is -0.380. The Kier molecular flexibility index (Phi) is 5.19. The smallest absolute Gasteiger partial charge is 0.333 e. The van der Waals surface area contributed by atoms with E-state index < -0.39 is 11.0 Å². The molecular weight excluding hydrogens is 268 g/mol. The van der Waals surface area contributed by atoms with Crippen molar-refractivity contribution in [3.8, 4) is 0 Å². The van der Waals surface area contributed by atoms with Crippen LogP contribution >= 0.6 is 11.3 Å². The second kappa shape index (κ2) is 6.64. The summed E-state index contributed by atoms with van der Waals surface area (Å²) >= 11 is 0.841. The number of rotatable bonds is 5. The summed E-state index contributed by atoms with van der Waals surface area (Å²) in [6.07, 6.45) is 2.87. The van der Waals surface area contributed by atoms with Crippen molar-refractivity contribution >= 4 is 22.4 Å². The molecule has 0 aliphatic rings. The van der Waals surface area contributed by atoms with E-state index in [-0.39, 0.29) is 16.3 Å². The van der Waals surface area contributed by atoms with Crippen molar-refractivity contribution in [3.05, 3.63) is 45.9 Å². The molecule has 0 bridgehead atoms. The Morgan fingerprint density at radius 2 is 2.42 bits per heavy atom. The molecule has 1 N–H and O–H groups in total. The number of nitrogens with one attached hydrogen (secondary N) is 1. The van der Waals surface area contributed by atoms with Crippen LogP contribution < -0.4 is 10.1 Å². The van der Waals surface area contributed by atoms with Gasteiger partial charge in [0.25, 0.3) is 0 Å². The molecule has 0 aromatic carbocycles. The Labute approximate surface area is 113 Å². The zero-order chi connectivity index (χ0) is 14.4. The zero-order valence-electron chi connectivity index (χ0n) is 10.5. The van der Waals surface area contributed by atoms with Crippen LogP contribution in [0.4, 0.5) is 9.80 Å². The molecule has 0 aliphatic heterocycles. The Morgan fingerprint density at radius 1 is 1.74 bits per heavy atom. The number of nitro groups is 1. The number of amides is 2. The topological polar surface area (TPSA) is 89.5 Å². The maximum absolute atomic E-state index is 11.5. The lowest BCUT2D eigenvalue weighted by atomic mass is 10.3. The van der Waals surface area contributed by atoms with Crippen molar-refractivity contribution in [1.82, 2.24) is 9.88 Å². The van der Waals surface area contributed by atoms with Gasteiger partial charge in [-0.15, -0.1) is 6.58 Å². The van der Waals surface area contributed by atoms with E-state index in [9.17, 15) is 14.9 Å². The van der Waals surface area contributed by atoms with Crippen molar-refractivity contribution < 1.29 is 9.72 Å². The lowest BCUT2D eigenvalue weighted by Gasteiger charge is -2.00. The fourth-order valence-corrected chi connectivity index (χ4v) is 2.03. The summed E-state index contributed by atoms with van der Waals surface area (Å²) in [5, 5.41) is 13.1. The van der Waals surface area contributed by atoms with Crippen LogP contribution in [-0.4, -0.2) is 22.1 Å². The zero-order valence-corrected chi connectivity index (χ0v) is 11.3. The quantitative estimate of drug-likeness (QED) is 0.507. The molecule has 0 unspecified atom stereocenters. The van der Waals surface area contributed by atoms with Gasteiger partial charge in [-0.05, 0) is 18.3 Å². The summed E-state index contributed by atoms with van der Waals surface area (Å²) in [7, 11) is 0. The number of nitrogens with zero attached hydrogens (tertiary/aromatic N) is 3.